The Morgan fingerprint density at radius 3 is 2.19 bits per heavy atom. The lowest BCUT2D eigenvalue weighted by molar-refractivity contribution is -0.122. The van der Waals surface area contributed by atoms with Crippen molar-refractivity contribution >= 4 is 15.9 Å². The summed E-state index contributed by atoms with van der Waals surface area (Å²) in [6.45, 7) is 0.492. The van der Waals surface area contributed by atoms with Gasteiger partial charge in [0.25, 0.3) is 0 Å². The molecule has 0 saturated heterocycles. The van der Waals surface area contributed by atoms with Crippen LogP contribution in [0.25, 0.3) is 0 Å². The van der Waals surface area contributed by atoms with Crippen molar-refractivity contribution in [2.24, 2.45) is 0 Å². The van der Waals surface area contributed by atoms with Gasteiger partial charge in [-0.15, -0.1) is 0 Å². The zero-order chi connectivity index (χ0) is 21.9. The van der Waals surface area contributed by atoms with E-state index < -0.39 is 16.1 Å². The van der Waals surface area contributed by atoms with E-state index in [0.29, 0.717) is 6.54 Å². The second-order valence-electron chi connectivity index (χ2n) is 7.29. The molecule has 0 spiro atoms. The molecule has 1 amide bonds. The monoisotopic (exact) mass is 437 g/mol. The predicted octanol–water partition coefficient (Wildman–Crippen LogP) is 3.11. The van der Waals surface area contributed by atoms with E-state index in [0.717, 1.165) is 24.8 Å². The SMILES string of the molecule is O=C(NCCCCc1ccccc1)[C@H](Cc1ccccc1)NS(=O)(=O)c1cccnc1. The van der Waals surface area contributed by atoms with E-state index in [1.165, 1.54) is 24.0 Å². The summed E-state index contributed by atoms with van der Waals surface area (Å²) in [5.74, 6) is -0.337. The number of nitrogens with one attached hydrogen (secondary N) is 2. The highest BCUT2D eigenvalue weighted by Gasteiger charge is 2.26. The predicted molar refractivity (Wildman–Crippen MR) is 121 cm³/mol. The molecule has 0 aliphatic heterocycles. The van der Waals surface area contributed by atoms with Crippen molar-refractivity contribution in [3.05, 3.63) is 96.3 Å². The van der Waals surface area contributed by atoms with Crippen molar-refractivity contribution in [3.8, 4) is 0 Å². The Labute approximate surface area is 183 Å². The average molecular weight is 438 g/mol. The Morgan fingerprint density at radius 1 is 0.871 bits per heavy atom. The first-order chi connectivity index (χ1) is 15.0. The number of nitrogens with zero attached hydrogens (tertiary/aromatic N) is 1. The average Bonchev–Trinajstić information content (AvgIpc) is 2.80. The first-order valence-corrected chi connectivity index (χ1v) is 11.8. The maximum atomic E-state index is 12.8. The molecule has 6 nitrogen and oxygen atoms in total. The molecule has 0 radical (unpaired) electrons. The number of hydrogen-bond donors (Lipinski definition) is 2. The molecule has 31 heavy (non-hydrogen) atoms. The second kappa shape index (κ2) is 11.4. The van der Waals surface area contributed by atoms with Crippen molar-refractivity contribution in [2.75, 3.05) is 6.54 Å². The fourth-order valence-electron chi connectivity index (χ4n) is 3.23. The molecule has 1 aromatic heterocycles. The van der Waals surface area contributed by atoms with E-state index in [1.807, 2.05) is 48.5 Å². The minimum absolute atomic E-state index is 0.0312. The highest BCUT2D eigenvalue weighted by atomic mass is 32.2. The van der Waals surface area contributed by atoms with Gasteiger partial charge in [0.1, 0.15) is 10.9 Å². The van der Waals surface area contributed by atoms with Gasteiger partial charge in [-0.3, -0.25) is 9.78 Å². The minimum Gasteiger partial charge on any atom is -0.355 e. The number of carbonyl (C=O) groups excluding carboxylic acids is 1. The van der Waals surface area contributed by atoms with Gasteiger partial charge in [-0.1, -0.05) is 60.7 Å². The molecule has 1 atom stereocenters. The smallest absolute Gasteiger partial charge is 0.242 e. The molecule has 0 unspecified atom stereocenters. The van der Waals surface area contributed by atoms with E-state index in [9.17, 15) is 13.2 Å². The standard InChI is InChI=1S/C24H27N3O3S/c28-24(26-17-8-7-12-20-10-3-1-4-11-20)23(18-21-13-5-2-6-14-21)27-31(29,30)22-15-9-16-25-19-22/h1-6,9-11,13-16,19,23,27H,7-8,12,17-18H2,(H,26,28)/t23-/m0/s1. The van der Waals surface area contributed by atoms with Crippen molar-refractivity contribution < 1.29 is 13.2 Å². The van der Waals surface area contributed by atoms with Crippen LogP contribution in [0.4, 0.5) is 0 Å². The Hall–Kier alpha value is -3.03. The van der Waals surface area contributed by atoms with Crippen LogP contribution in [0.15, 0.2) is 90.1 Å². The largest absolute Gasteiger partial charge is 0.355 e. The molecule has 7 heteroatoms. The highest BCUT2D eigenvalue weighted by molar-refractivity contribution is 7.89. The Morgan fingerprint density at radius 2 is 1.55 bits per heavy atom. The third-order valence-electron chi connectivity index (χ3n) is 4.88. The Bertz CT molecular complexity index is 1040. The third-order valence-corrected chi connectivity index (χ3v) is 6.33. The number of carbonyl (C=O) groups is 1. The van der Waals surface area contributed by atoms with Crippen molar-refractivity contribution in [3.63, 3.8) is 0 Å². The minimum atomic E-state index is -3.87. The zero-order valence-electron chi connectivity index (χ0n) is 17.3. The quantitative estimate of drug-likeness (QED) is 0.451. The molecule has 0 fully saturated rings. The molecule has 1 heterocycles. The molecule has 2 aromatic carbocycles. The molecular weight excluding hydrogens is 410 g/mol. The highest BCUT2D eigenvalue weighted by Crippen LogP contribution is 2.10. The third kappa shape index (κ3) is 7.31. The molecule has 2 N–H and O–H groups in total. The molecular formula is C24H27N3O3S. The number of aryl methyl sites for hydroxylation is 1. The molecule has 3 rings (SSSR count). The van der Waals surface area contributed by atoms with Crippen LogP contribution in [-0.2, 0) is 27.7 Å². The van der Waals surface area contributed by atoms with Gasteiger partial charge >= 0.3 is 0 Å². The van der Waals surface area contributed by atoms with Gasteiger partial charge in [-0.05, 0) is 48.9 Å². The van der Waals surface area contributed by atoms with Crippen molar-refractivity contribution in [2.45, 2.75) is 36.6 Å². The molecule has 0 saturated carbocycles. The fraction of sp³-hybridized carbons (Fsp3) is 0.250. The summed E-state index contributed by atoms with van der Waals surface area (Å²) in [7, 11) is -3.87. The molecule has 162 valence electrons. The van der Waals surface area contributed by atoms with Crippen molar-refractivity contribution in [1.82, 2.24) is 15.0 Å². The van der Waals surface area contributed by atoms with E-state index in [1.54, 1.807) is 6.07 Å². The lowest BCUT2D eigenvalue weighted by Crippen LogP contribution is -2.48. The van der Waals surface area contributed by atoms with E-state index in [4.69, 9.17) is 0 Å². The summed E-state index contributed by atoms with van der Waals surface area (Å²) in [4.78, 5) is 16.7. The Kier molecular flexibility index (Phi) is 8.32. The molecule has 0 aliphatic carbocycles. The van der Waals surface area contributed by atoms with E-state index in [-0.39, 0.29) is 17.2 Å². The van der Waals surface area contributed by atoms with Crippen LogP contribution in [0.5, 0.6) is 0 Å². The summed E-state index contributed by atoms with van der Waals surface area (Å²) in [5.41, 5.74) is 2.14. The van der Waals surface area contributed by atoms with E-state index in [2.05, 4.69) is 27.2 Å². The first kappa shape index (κ1) is 22.7. The number of rotatable bonds is 11. The van der Waals surface area contributed by atoms with Crippen LogP contribution in [0.2, 0.25) is 0 Å². The van der Waals surface area contributed by atoms with Gasteiger partial charge in [0.15, 0.2) is 0 Å². The van der Waals surface area contributed by atoms with Crippen LogP contribution in [0.1, 0.15) is 24.0 Å². The van der Waals surface area contributed by atoms with Gasteiger partial charge in [0.2, 0.25) is 15.9 Å². The maximum absolute atomic E-state index is 12.8. The van der Waals surface area contributed by atoms with Gasteiger partial charge in [0.05, 0.1) is 0 Å². The van der Waals surface area contributed by atoms with E-state index >= 15 is 0 Å². The number of aromatic nitrogens is 1. The van der Waals surface area contributed by atoms with Gasteiger partial charge in [-0.25, -0.2) is 8.42 Å². The number of benzene rings is 2. The van der Waals surface area contributed by atoms with Crippen LogP contribution < -0.4 is 10.0 Å². The normalized spacial score (nSPS) is 12.3. The molecule has 0 aliphatic rings. The van der Waals surface area contributed by atoms with Gasteiger partial charge in [0, 0.05) is 18.9 Å². The summed E-state index contributed by atoms with van der Waals surface area (Å²) in [6.07, 6.45) is 5.73. The van der Waals surface area contributed by atoms with Crippen molar-refractivity contribution in [1.29, 1.82) is 0 Å². The molecule has 0 bridgehead atoms. The summed E-state index contributed by atoms with van der Waals surface area (Å²) in [6, 6.07) is 21.6. The second-order valence-corrected chi connectivity index (χ2v) is 9.00. The van der Waals surface area contributed by atoms with Crippen LogP contribution >= 0.6 is 0 Å². The maximum Gasteiger partial charge on any atom is 0.242 e. The fourth-order valence-corrected chi connectivity index (χ4v) is 4.39. The topological polar surface area (TPSA) is 88.2 Å². The zero-order valence-corrected chi connectivity index (χ0v) is 18.1. The van der Waals surface area contributed by atoms with Crippen LogP contribution in [0.3, 0.4) is 0 Å². The first-order valence-electron chi connectivity index (χ1n) is 10.3. The van der Waals surface area contributed by atoms with Gasteiger partial charge < -0.3 is 5.32 Å². The number of pyridine rings is 1. The van der Waals surface area contributed by atoms with Crippen LogP contribution in [0, 0.1) is 0 Å². The Balaban J connectivity index is 1.59. The lowest BCUT2D eigenvalue weighted by atomic mass is 10.1. The summed E-state index contributed by atoms with van der Waals surface area (Å²) in [5, 5.41) is 2.88. The molecule has 3 aromatic rings. The van der Waals surface area contributed by atoms with Gasteiger partial charge in [-0.2, -0.15) is 4.72 Å². The number of hydrogen-bond acceptors (Lipinski definition) is 4. The van der Waals surface area contributed by atoms with Crippen LogP contribution in [-0.4, -0.2) is 31.9 Å². The number of sulfonamides is 1. The summed E-state index contributed by atoms with van der Waals surface area (Å²) < 4.78 is 28.0. The number of unbranched alkanes of at least 4 members (excludes halogenated alkanes) is 1. The number of amides is 1. The lowest BCUT2D eigenvalue weighted by Gasteiger charge is -2.19. The summed E-state index contributed by atoms with van der Waals surface area (Å²) >= 11 is 0.